The number of hydrogen-bond donors (Lipinski definition) is 2. The van der Waals surface area contributed by atoms with Gasteiger partial charge in [0, 0.05) is 31.0 Å². The number of nitrogens with zero attached hydrogens (tertiary/aromatic N) is 1. The molecule has 0 aliphatic carbocycles. The predicted octanol–water partition coefficient (Wildman–Crippen LogP) is 2.47. The Kier molecular flexibility index (Phi) is 4.81. The van der Waals surface area contributed by atoms with Crippen molar-refractivity contribution in [1.29, 1.82) is 0 Å². The largest absolute Gasteiger partial charge is 0.378 e. The maximum absolute atomic E-state index is 12.0. The van der Waals surface area contributed by atoms with Crippen molar-refractivity contribution < 1.29 is 4.79 Å². The summed E-state index contributed by atoms with van der Waals surface area (Å²) in [5.74, 6) is 0.00388. The van der Waals surface area contributed by atoms with E-state index in [1.165, 1.54) is 0 Å². The second-order valence-corrected chi connectivity index (χ2v) is 6.05. The van der Waals surface area contributed by atoms with E-state index in [-0.39, 0.29) is 17.5 Å². The van der Waals surface area contributed by atoms with Crippen LogP contribution < -0.4 is 15.5 Å². The normalized spacial score (nSPS) is 12.7. The SMILES string of the molecule is CC(Nc1ccc(N(C)C)cc1)C(=O)NC(C)(C)C. The second kappa shape index (κ2) is 5.95. The van der Waals surface area contributed by atoms with Gasteiger partial charge in [-0.15, -0.1) is 0 Å². The van der Waals surface area contributed by atoms with E-state index in [9.17, 15) is 4.79 Å². The zero-order valence-electron chi connectivity index (χ0n) is 12.7. The molecule has 0 aliphatic heterocycles. The molecular formula is C15H25N3O. The van der Waals surface area contributed by atoms with Crippen molar-refractivity contribution in [2.75, 3.05) is 24.3 Å². The van der Waals surface area contributed by atoms with Gasteiger partial charge in [-0.2, -0.15) is 0 Å². The first-order chi connectivity index (χ1) is 8.69. The van der Waals surface area contributed by atoms with Crippen molar-refractivity contribution >= 4 is 17.3 Å². The smallest absolute Gasteiger partial charge is 0.242 e. The van der Waals surface area contributed by atoms with Gasteiger partial charge >= 0.3 is 0 Å². The highest BCUT2D eigenvalue weighted by Crippen LogP contribution is 2.16. The van der Waals surface area contributed by atoms with E-state index >= 15 is 0 Å². The van der Waals surface area contributed by atoms with E-state index in [0.29, 0.717) is 0 Å². The molecule has 4 nitrogen and oxygen atoms in total. The van der Waals surface area contributed by atoms with E-state index in [1.54, 1.807) is 0 Å². The number of hydrogen-bond acceptors (Lipinski definition) is 3. The number of carbonyl (C=O) groups excluding carboxylic acids is 1. The molecular weight excluding hydrogens is 238 g/mol. The van der Waals surface area contributed by atoms with Gasteiger partial charge in [0.25, 0.3) is 0 Å². The fourth-order valence-corrected chi connectivity index (χ4v) is 1.65. The van der Waals surface area contributed by atoms with Crippen LogP contribution in [0, 0.1) is 0 Å². The Balaban J connectivity index is 2.61. The highest BCUT2D eigenvalue weighted by molar-refractivity contribution is 5.84. The third kappa shape index (κ3) is 5.20. The van der Waals surface area contributed by atoms with Gasteiger partial charge in [0.2, 0.25) is 5.91 Å². The molecule has 19 heavy (non-hydrogen) atoms. The minimum atomic E-state index is -0.260. The average Bonchev–Trinajstić information content (AvgIpc) is 2.27. The molecule has 1 aromatic rings. The van der Waals surface area contributed by atoms with Crippen molar-refractivity contribution in [3.05, 3.63) is 24.3 Å². The van der Waals surface area contributed by atoms with E-state index in [1.807, 2.05) is 71.0 Å². The molecule has 0 fully saturated rings. The Hall–Kier alpha value is -1.71. The van der Waals surface area contributed by atoms with E-state index in [4.69, 9.17) is 0 Å². The Morgan fingerprint density at radius 1 is 1.16 bits per heavy atom. The third-order valence-corrected chi connectivity index (χ3v) is 2.66. The van der Waals surface area contributed by atoms with E-state index in [2.05, 4.69) is 10.6 Å². The van der Waals surface area contributed by atoms with Crippen molar-refractivity contribution in [3.8, 4) is 0 Å². The number of rotatable bonds is 4. The number of amides is 1. The lowest BCUT2D eigenvalue weighted by Crippen LogP contribution is -2.47. The van der Waals surface area contributed by atoms with Gasteiger partial charge in [0.05, 0.1) is 0 Å². The molecule has 0 radical (unpaired) electrons. The fourth-order valence-electron chi connectivity index (χ4n) is 1.65. The van der Waals surface area contributed by atoms with Crippen molar-refractivity contribution in [3.63, 3.8) is 0 Å². The first kappa shape index (κ1) is 15.3. The molecule has 0 aliphatic rings. The van der Waals surface area contributed by atoms with Crippen LogP contribution in [0.15, 0.2) is 24.3 Å². The van der Waals surface area contributed by atoms with Crippen molar-refractivity contribution in [1.82, 2.24) is 5.32 Å². The molecule has 1 rings (SSSR count). The lowest BCUT2D eigenvalue weighted by atomic mass is 10.1. The van der Waals surface area contributed by atoms with Crippen LogP contribution in [-0.4, -0.2) is 31.6 Å². The van der Waals surface area contributed by atoms with Gasteiger partial charge in [-0.25, -0.2) is 0 Å². The molecule has 0 spiro atoms. The van der Waals surface area contributed by atoms with Crippen molar-refractivity contribution in [2.45, 2.75) is 39.3 Å². The molecule has 1 amide bonds. The first-order valence-electron chi connectivity index (χ1n) is 6.55. The summed E-state index contributed by atoms with van der Waals surface area (Å²) in [5, 5.41) is 6.16. The summed E-state index contributed by atoms with van der Waals surface area (Å²) in [5.41, 5.74) is 1.88. The van der Waals surface area contributed by atoms with Gasteiger partial charge in [0.15, 0.2) is 0 Å². The van der Waals surface area contributed by atoms with Gasteiger partial charge < -0.3 is 15.5 Å². The Morgan fingerprint density at radius 2 is 1.68 bits per heavy atom. The lowest BCUT2D eigenvalue weighted by Gasteiger charge is -2.24. The topological polar surface area (TPSA) is 44.4 Å². The summed E-state index contributed by atoms with van der Waals surface area (Å²) in [7, 11) is 4.00. The number of benzene rings is 1. The standard InChI is InChI=1S/C15H25N3O/c1-11(14(19)17-15(2,3)4)16-12-7-9-13(10-8-12)18(5)6/h7-11,16H,1-6H3,(H,17,19). The minimum Gasteiger partial charge on any atom is -0.378 e. The number of carbonyl (C=O) groups is 1. The van der Waals surface area contributed by atoms with Crippen LogP contribution in [0.1, 0.15) is 27.7 Å². The predicted molar refractivity (Wildman–Crippen MR) is 81.7 cm³/mol. The molecule has 2 N–H and O–H groups in total. The Morgan fingerprint density at radius 3 is 2.11 bits per heavy atom. The first-order valence-corrected chi connectivity index (χ1v) is 6.55. The highest BCUT2D eigenvalue weighted by atomic mass is 16.2. The van der Waals surface area contributed by atoms with Gasteiger partial charge in [-0.1, -0.05) is 0 Å². The lowest BCUT2D eigenvalue weighted by molar-refractivity contribution is -0.122. The van der Waals surface area contributed by atoms with Crippen LogP contribution in [0.25, 0.3) is 0 Å². The van der Waals surface area contributed by atoms with Gasteiger partial charge in [-0.3, -0.25) is 4.79 Å². The molecule has 0 heterocycles. The molecule has 106 valence electrons. The average molecular weight is 263 g/mol. The molecule has 1 atom stereocenters. The monoisotopic (exact) mass is 263 g/mol. The zero-order valence-corrected chi connectivity index (χ0v) is 12.7. The molecule has 0 aromatic heterocycles. The molecule has 0 bridgehead atoms. The van der Waals surface area contributed by atoms with Crippen LogP contribution >= 0.6 is 0 Å². The van der Waals surface area contributed by atoms with E-state index < -0.39 is 0 Å². The summed E-state index contributed by atoms with van der Waals surface area (Å²) < 4.78 is 0. The summed E-state index contributed by atoms with van der Waals surface area (Å²) in [6, 6.07) is 7.75. The second-order valence-electron chi connectivity index (χ2n) is 6.05. The van der Waals surface area contributed by atoms with E-state index in [0.717, 1.165) is 11.4 Å². The quantitative estimate of drug-likeness (QED) is 0.877. The van der Waals surface area contributed by atoms with Crippen LogP contribution in [-0.2, 0) is 4.79 Å². The molecule has 1 unspecified atom stereocenters. The number of nitrogens with one attached hydrogen (secondary N) is 2. The van der Waals surface area contributed by atoms with Crippen LogP contribution in [0.3, 0.4) is 0 Å². The summed E-state index contributed by atoms with van der Waals surface area (Å²) in [6.07, 6.45) is 0. The summed E-state index contributed by atoms with van der Waals surface area (Å²) in [6.45, 7) is 7.79. The van der Waals surface area contributed by atoms with Crippen molar-refractivity contribution in [2.24, 2.45) is 0 Å². The van der Waals surface area contributed by atoms with Gasteiger partial charge in [-0.05, 0) is 52.0 Å². The molecule has 0 saturated carbocycles. The molecule has 1 aromatic carbocycles. The highest BCUT2D eigenvalue weighted by Gasteiger charge is 2.18. The van der Waals surface area contributed by atoms with Gasteiger partial charge in [0.1, 0.15) is 6.04 Å². The molecule has 0 saturated heterocycles. The van der Waals surface area contributed by atoms with Crippen LogP contribution in [0.2, 0.25) is 0 Å². The van der Waals surface area contributed by atoms with Crippen LogP contribution in [0.5, 0.6) is 0 Å². The molecule has 4 heteroatoms. The fraction of sp³-hybridized carbons (Fsp3) is 0.533. The van der Waals surface area contributed by atoms with Crippen LogP contribution in [0.4, 0.5) is 11.4 Å². The maximum Gasteiger partial charge on any atom is 0.242 e. The summed E-state index contributed by atoms with van der Waals surface area (Å²) >= 11 is 0. The zero-order chi connectivity index (χ0) is 14.6. The maximum atomic E-state index is 12.0. The summed E-state index contributed by atoms with van der Waals surface area (Å²) in [4.78, 5) is 14.0. The number of anilines is 2. The third-order valence-electron chi connectivity index (χ3n) is 2.66. The Bertz CT molecular complexity index is 418. The minimum absolute atomic E-state index is 0.00388. The Labute approximate surface area is 116 Å².